The van der Waals surface area contributed by atoms with Gasteiger partial charge in [-0.1, -0.05) is 72.8 Å². The van der Waals surface area contributed by atoms with Crippen LogP contribution in [-0.2, 0) is 51.2 Å². The van der Waals surface area contributed by atoms with E-state index >= 15 is 0 Å². The van der Waals surface area contributed by atoms with Crippen LogP contribution in [0.15, 0.2) is 86.0 Å². The Labute approximate surface area is 365 Å². The van der Waals surface area contributed by atoms with E-state index in [9.17, 15) is 38.4 Å². The number of amides is 8. The number of benzene rings is 2. The van der Waals surface area contributed by atoms with Crippen LogP contribution in [0.2, 0.25) is 0 Å². The van der Waals surface area contributed by atoms with E-state index in [1.807, 2.05) is 12.1 Å². The predicted octanol–water partition coefficient (Wildman–Crippen LogP) is 1.74. The topological polar surface area (TPSA) is 198 Å². The lowest BCUT2D eigenvalue weighted by Gasteiger charge is -2.34. The van der Waals surface area contributed by atoms with Gasteiger partial charge in [-0.2, -0.15) is 0 Å². The molecule has 3 rings (SSSR count). The molecule has 0 spiro atoms. The van der Waals surface area contributed by atoms with Gasteiger partial charge in [-0.25, -0.2) is 0 Å². The molecule has 0 aromatic heterocycles. The molecule has 16 nitrogen and oxygen atoms in total. The van der Waals surface area contributed by atoms with Crippen molar-refractivity contribution in [1.29, 1.82) is 0 Å². The molecule has 1 heterocycles. The van der Waals surface area contributed by atoms with Crippen LogP contribution >= 0.6 is 0 Å². The van der Waals surface area contributed by atoms with E-state index in [2.05, 4.69) is 34.4 Å². The first-order valence-electron chi connectivity index (χ1n) is 20.9. The number of likely N-dealkylation sites (N-methyl/N-ethyl adjacent to an activating group) is 4. The van der Waals surface area contributed by atoms with Crippen LogP contribution in [0.4, 0.5) is 0 Å². The highest BCUT2D eigenvalue weighted by molar-refractivity contribution is 5.98. The number of allylic oxidation sites excluding steroid dienone is 2. The largest absolute Gasteiger partial charge is 0.343 e. The summed E-state index contributed by atoms with van der Waals surface area (Å²) >= 11 is 0. The van der Waals surface area contributed by atoms with Crippen molar-refractivity contribution in [3.63, 3.8) is 0 Å². The van der Waals surface area contributed by atoms with E-state index in [4.69, 9.17) is 0 Å². The lowest BCUT2D eigenvalue weighted by molar-refractivity contribution is -0.146. The van der Waals surface area contributed by atoms with Crippen LogP contribution < -0.4 is 21.3 Å². The number of carbonyl (C=O) groups is 8. The summed E-state index contributed by atoms with van der Waals surface area (Å²) in [7, 11) is 5.65. The highest BCUT2D eigenvalue weighted by Crippen LogP contribution is 2.15. The van der Waals surface area contributed by atoms with E-state index in [-0.39, 0.29) is 25.7 Å². The Morgan fingerprint density at radius 3 is 0.935 bits per heavy atom. The van der Waals surface area contributed by atoms with Gasteiger partial charge in [-0.3, -0.25) is 38.4 Å². The van der Waals surface area contributed by atoms with E-state index in [1.165, 1.54) is 75.5 Å². The highest BCUT2D eigenvalue weighted by Gasteiger charge is 2.38. The molecule has 0 aliphatic carbocycles. The maximum absolute atomic E-state index is 14.2. The number of carbonyl (C=O) groups excluding carboxylic acids is 8. The van der Waals surface area contributed by atoms with Gasteiger partial charge in [-0.15, -0.1) is 13.2 Å². The van der Waals surface area contributed by atoms with Crippen molar-refractivity contribution >= 4 is 47.3 Å². The van der Waals surface area contributed by atoms with Crippen molar-refractivity contribution < 1.29 is 38.4 Å². The van der Waals surface area contributed by atoms with Gasteiger partial charge in [0.15, 0.2) is 0 Å². The lowest BCUT2D eigenvalue weighted by atomic mass is 10.0. The van der Waals surface area contributed by atoms with Crippen molar-refractivity contribution in [3.05, 3.63) is 97.1 Å². The maximum atomic E-state index is 14.2. The molecule has 0 saturated carbocycles. The molecule has 16 heteroatoms. The van der Waals surface area contributed by atoms with Crippen LogP contribution in [-0.4, -0.2) is 143 Å². The summed E-state index contributed by atoms with van der Waals surface area (Å²) in [6, 6.07) is 8.76. The molecule has 1 saturated heterocycles. The molecule has 1 fully saturated rings. The van der Waals surface area contributed by atoms with Gasteiger partial charge in [0.2, 0.25) is 47.3 Å². The monoisotopic (exact) mass is 856 g/mol. The smallest absolute Gasteiger partial charge is 0.245 e. The van der Waals surface area contributed by atoms with Crippen LogP contribution in [0.5, 0.6) is 0 Å². The lowest BCUT2D eigenvalue weighted by Crippen LogP contribution is -2.61. The molecule has 336 valence electrons. The van der Waals surface area contributed by atoms with Crippen LogP contribution in [0.25, 0.3) is 0 Å². The van der Waals surface area contributed by atoms with Gasteiger partial charge in [0.1, 0.15) is 48.3 Å². The van der Waals surface area contributed by atoms with Gasteiger partial charge >= 0.3 is 0 Å². The third-order valence-corrected chi connectivity index (χ3v) is 11.6. The van der Waals surface area contributed by atoms with Crippen molar-refractivity contribution in [2.24, 2.45) is 0 Å². The van der Waals surface area contributed by atoms with Gasteiger partial charge < -0.3 is 40.9 Å². The van der Waals surface area contributed by atoms with E-state index in [0.717, 1.165) is 0 Å². The quantitative estimate of drug-likeness (QED) is 0.259. The van der Waals surface area contributed by atoms with Gasteiger partial charge in [0.05, 0.1) is 0 Å². The average molecular weight is 857 g/mol. The fraction of sp³-hybridized carbons (Fsp3) is 0.478. The first-order valence-corrected chi connectivity index (χ1v) is 20.9. The standard InChI is InChI=1S/C46H64N8O8/c1-11-13-25-35-43(59)51(7)31(5)41(57)49-38(28-34-23-19-16-20-24-34)46(62)54(10)30(4)40(56)48-36(26-14-12-2)44(60)52(8)32(6)42(58)50-37(27-33-21-17-15-18-22-33)45(61)53(9)29(3)39(55)47-35/h11-12,15-24,29-32,35-38H,1-2,13-14,25-28H2,3-10H3,(H,47,55)(H,48,56)(H,49,57)(H,50,58)/t29-,30-,31-,32-,35+,36+,37+,38+/m1/s1. The molecular weight excluding hydrogens is 793 g/mol. The minimum absolute atomic E-state index is 0.0496. The number of nitrogens with zero attached hydrogens (tertiary/aromatic N) is 4. The SMILES string of the molecule is C=CCC[C@@H]1NC(=O)[C@@H](C)N(C)C(=O)[C@H](Cc2ccccc2)NC(=O)[C@@H](C)N(C)C(=O)[C@H](CCC=C)NC(=O)[C@@H](C)N(C)C(=O)[C@H](Cc2ccccc2)NC(=O)[C@@H](C)N(C)C1=O. The summed E-state index contributed by atoms with van der Waals surface area (Å²) in [5, 5.41) is 11.1. The first kappa shape index (κ1) is 50.0. The number of hydrogen-bond acceptors (Lipinski definition) is 8. The minimum atomic E-state index is -1.18. The van der Waals surface area contributed by atoms with Gasteiger partial charge in [0, 0.05) is 41.0 Å². The molecule has 2 aromatic carbocycles. The van der Waals surface area contributed by atoms with Crippen LogP contribution in [0, 0.1) is 0 Å². The van der Waals surface area contributed by atoms with Crippen molar-refractivity contribution in [2.45, 2.75) is 115 Å². The molecule has 8 atom stereocenters. The third kappa shape index (κ3) is 13.3. The second-order valence-corrected chi connectivity index (χ2v) is 15.9. The van der Waals surface area contributed by atoms with Crippen molar-refractivity contribution in [2.75, 3.05) is 28.2 Å². The highest BCUT2D eigenvalue weighted by atomic mass is 16.2. The summed E-state index contributed by atoms with van der Waals surface area (Å²) in [5.74, 6) is -5.06. The Hall–Kier alpha value is -6.32. The molecule has 1 aliphatic rings. The molecule has 0 bridgehead atoms. The average Bonchev–Trinajstić information content (AvgIpc) is 3.28. The zero-order valence-electron chi connectivity index (χ0n) is 37.3. The fourth-order valence-electron chi connectivity index (χ4n) is 6.80. The normalized spacial score (nSPS) is 25.9. The molecule has 4 N–H and O–H groups in total. The van der Waals surface area contributed by atoms with Crippen LogP contribution in [0.3, 0.4) is 0 Å². The Morgan fingerprint density at radius 2 is 0.677 bits per heavy atom. The summed E-state index contributed by atoms with van der Waals surface area (Å²) < 4.78 is 0. The van der Waals surface area contributed by atoms with Gasteiger partial charge in [0.25, 0.3) is 0 Å². The maximum Gasteiger partial charge on any atom is 0.245 e. The number of nitrogens with one attached hydrogen (secondary N) is 4. The number of rotatable bonds is 10. The Bertz CT molecular complexity index is 1790. The van der Waals surface area contributed by atoms with Crippen LogP contribution in [0.1, 0.15) is 64.5 Å². The molecule has 62 heavy (non-hydrogen) atoms. The summed E-state index contributed by atoms with van der Waals surface area (Å²) in [6.07, 6.45) is 4.18. The zero-order valence-corrected chi connectivity index (χ0v) is 37.3. The second-order valence-electron chi connectivity index (χ2n) is 15.9. The van der Waals surface area contributed by atoms with E-state index in [0.29, 0.717) is 24.0 Å². The summed E-state index contributed by atoms with van der Waals surface area (Å²) in [6.45, 7) is 13.4. The van der Waals surface area contributed by atoms with Crippen molar-refractivity contribution in [1.82, 2.24) is 40.9 Å². The molecule has 8 amide bonds. The Kier molecular flexibility index (Phi) is 19.1. The molecule has 2 aromatic rings. The summed E-state index contributed by atoms with van der Waals surface area (Å²) in [4.78, 5) is 117. The third-order valence-electron chi connectivity index (χ3n) is 11.6. The molecule has 1 aliphatic heterocycles. The minimum Gasteiger partial charge on any atom is -0.343 e. The molecule has 0 radical (unpaired) electrons. The van der Waals surface area contributed by atoms with E-state index in [1.54, 1.807) is 60.7 Å². The zero-order chi connectivity index (χ0) is 46.3. The predicted molar refractivity (Wildman–Crippen MR) is 236 cm³/mol. The number of hydrogen-bond donors (Lipinski definition) is 4. The molecule has 0 unspecified atom stereocenters. The van der Waals surface area contributed by atoms with Gasteiger partial charge in [-0.05, 0) is 64.5 Å². The van der Waals surface area contributed by atoms with E-state index < -0.39 is 95.6 Å². The first-order chi connectivity index (χ1) is 29.3. The Balaban J connectivity index is 2.12. The molecular formula is C46H64N8O8. The Morgan fingerprint density at radius 1 is 0.435 bits per heavy atom. The second kappa shape index (κ2) is 23.6. The fourth-order valence-corrected chi connectivity index (χ4v) is 6.80. The summed E-state index contributed by atoms with van der Waals surface area (Å²) in [5.41, 5.74) is 1.43. The van der Waals surface area contributed by atoms with Crippen molar-refractivity contribution in [3.8, 4) is 0 Å².